The van der Waals surface area contributed by atoms with Gasteiger partial charge in [-0.2, -0.15) is 0 Å². The van der Waals surface area contributed by atoms with Gasteiger partial charge in [0.15, 0.2) is 0 Å². The molecule has 0 heterocycles. The average Bonchev–Trinajstić information content (AvgIpc) is 1.82. The highest BCUT2D eigenvalue weighted by Gasteiger charge is 1.86. The molecule has 0 amide bonds. The highest BCUT2D eigenvalue weighted by molar-refractivity contribution is 5.65. The lowest BCUT2D eigenvalue weighted by Crippen LogP contribution is -2.03. The molecule has 0 aromatic rings. The fourth-order valence-electron chi connectivity index (χ4n) is 0.189. The Morgan fingerprint density at radius 1 is 1.42 bits per heavy atom. The lowest BCUT2D eigenvalue weighted by Gasteiger charge is -1.93. The van der Waals surface area contributed by atoms with E-state index in [1.54, 1.807) is 0 Å². The average molecular weight is 180 g/mol. The number of carbonyl (C=O) groups excluding carboxylic acids is 1. The van der Waals surface area contributed by atoms with Crippen LogP contribution in [0, 0.1) is 0 Å². The first-order chi connectivity index (χ1) is 5.00. The van der Waals surface area contributed by atoms with E-state index in [9.17, 15) is 4.79 Å². The Morgan fingerprint density at radius 2 is 1.75 bits per heavy atom. The summed E-state index contributed by atoms with van der Waals surface area (Å²) in [4.78, 5) is 11.9. The summed E-state index contributed by atoms with van der Waals surface area (Å²) in [6, 6.07) is 0. The van der Waals surface area contributed by atoms with E-state index in [2.05, 4.69) is 4.74 Å². The molecule has 0 radical (unpaired) electrons. The summed E-state index contributed by atoms with van der Waals surface area (Å²) in [7, 11) is 6.00. The number of aliphatic hydroxyl groups is 1. The van der Waals surface area contributed by atoms with Crippen LogP contribution in [-0.4, -0.2) is 50.3 Å². The molecule has 5 heteroatoms. The number of ether oxygens (including phenoxy) is 1. The summed E-state index contributed by atoms with van der Waals surface area (Å²) in [6.07, 6.45) is 0. The van der Waals surface area contributed by atoms with Crippen LogP contribution in [0.25, 0.3) is 0 Å². The molecule has 0 bridgehead atoms. The second kappa shape index (κ2) is 13.0. The minimum Gasteiger partial charge on any atom is -0.463 e. The van der Waals surface area contributed by atoms with Crippen LogP contribution in [0.2, 0.25) is 0 Å². The summed E-state index contributed by atoms with van der Waals surface area (Å²) in [5.41, 5.74) is 0. The molecule has 4 N–H and O–H groups in total. The summed E-state index contributed by atoms with van der Waals surface area (Å²) in [6.45, 7) is 1.31. The standard InChI is InChI=1S/C4H8O3.C3H9N.H3N/c1-4(6)7-3-2-5;1-4(2)3;/h5H,2-3H2,1H3;1-3H3;1H3. The maximum absolute atomic E-state index is 9.87. The highest BCUT2D eigenvalue weighted by atomic mass is 16.5. The molecule has 0 fully saturated rings. The van der Waals surface area contributed by atoms with Gasteiger partial charge in [0, 0.05) is 6.92 Å². The highest BCUT2D eigenvalue weighted by Crippen LogP contribution is 1.71. The zero-order valence-corrected chi connectivity index (χ0v) is 8.33. The van der Waals surface area contributed by atoms with Gasteiger partial charge < -0.3 is 20.9 Å². The Labute approximate surface area is 73.9 Å². The Balaban J connectivity index is -0.000000142. The second-order valence-electron chi connectivity index (χ2n) is 2.41. The van der Waals surface area contributed by atoms with Crippen LogP contribution >= 0.6 is 0 Å². The first-order valence-corrected chi connectivity index (χ1v) is 3.35. The summed E-state index contributed by atoms with van der Waals surface area (Å²) in [5, 5.41) is 8.04. The van der Waals surface area contributed by atoms with Gasteiger partial charge in [0.25, 0.3) is 0 Å². The van der Waals surface area contributed by atoms with Crippen LogP contribution in [0.5, 0.6) is 0 Å². The van der Waals surface area contributed by atoms with E-state index >= 15 is 0 Å². The van der Waals surface area contributed by atoms with Crippen LogP contribution in [0.15, 0.2) is 0 Å². The summed E-state index contributed by atoms with van der Waals surface area (Å²) < 4.78 is 4.30. The first-order valence-electron chi connectivity index (χ1n) is 3.35. The topological polar surface area (TPSA) is 84.8 Å². The Morgan fingerprint density at radius 3 is 1.83 bits per heavy atom. The van der Waals surface area contributed by atoms with Crippen LogP contribution < -0.4 is 6.15 Å². The number of hydrogen-bond acceptors (Lipinski definition) is 5. The molecule has 76 valence electrons. The zero-order valence-electron chi connectivity index (χ0n) is 8.33. The lowest BCUT2D eigenvalue weighted by atomic mass is 10.7. The fourth-order valence-corrected chi connectivity index (χ4v) is 0.189. The van der Waals surface area contributed by atoms with E-state index in [0.717, 1.165) is 0 Å². The number of nitrogens with zero attached hydrogens (tertiary/aromatic N) is 1. The zero-order chi connectivity index (χ0) is 9.28. The number of hydrogen-bond donors (Lipinski definition) is 2. The maximum atomic E-state index is 9.87. The quantitative estimate of drug-likeness (QED) is 0.579. The molecule has 0 saturated carbocycles. The van der Waals surface area contributed by atoms with Gasteiger partial charge >= 0.3 is 5.97 Å². The molecule has 5 nitrogen and oxygen atoms in total. The molecule has 0 aromatic heterocycles. The maximum Gasteiger partial charge on any atom is 0.302 e. The molecule has 0 aliphatic carbocycles. The molecule has 0 rings (SSSR count). The van der Waals surface area contributed by atoms with Crippen molar-refractivity contribution in [2.45, 2.75) is 6.92 Å². The number of esters is 1. The van der Waals surface area contributed by atoms with Gasteiger partial charge in [-0.1, -0.05) is 0 Å². The van der Waals surface area contributed by atoms with E-state index in [-0.39, 0.29) is 25.3 Å². The second-order valence-corrected chi connectivity index (χ2v) is 2.41. The minimum absolute atomic E-state index is 0. The smallest absolute Gasteiger partial charge is 0.302 e. The molecule has 0 aromatic carbocycles. The van der Waals surface area contributed by atoms with Crippen molar-refractivity contribution in [2.24, 2.45) is 0 Å². The van der Waals surface area contributed by atoms with Crippen molar-refractivity contribution in [3.05, 3.63) is 0 Å². The Hall–Kier alpha value is -0.650. The van der Waals surface area contributed by atoms with E-state index in [1.807, 2.05) is 26.0 Å². The number of aliphatic hydroxyl groups excluding tert-OH is 1. The van der Waals surface area contributed by atoms with E-state index in [0.29, 0.717) is 0 Å². The molecular formula is C7H20N2O3. The fraction of sp³-hybridized carbons (Fsp3) is 0.857. The van der Waals surface area contributed by atoms with Crippen molar-refractivity contribution < 1.29 is 14.6 Å². The predicted molar refractivity (Wildman–Crippen MR) is 48.4 cm³/mol. The third-order valence-electron chi connectivity index (χ3n) is 0.397. The molecular weight excluding hydrogens is 160 g/mol. The molecule has 0 atom stereocenters. The van der Waals surface area contributed by atoms with Gasteiger partial charge in [-0.15, -0.1) is 0 Å². The van der Waals surface area contributed by atoms with Crippen LogP contribution in [0.4, 0.5) is 0 Å². The number of rotatable bonds is 2. The largest absolute Gasteiger partial charge is 0.463 e. The predicted octanol–water partition coefficient (Wildman–Crippen LogP) is -0.118. The van der Waals surface area contributed by atoms with Gasteiger partial charge in [-0.3, -0.25) is 4.79 Å². The minimum atomic E-state index is -0.353. The molecule has 0 saturated heterocycles. The molecule has 0 aliphatic heterocycles. The van der Waals surface area contributed by atoms with Crippen LogP contribution in [0.3, 0.4) is 0 Å². The summed E-state index contributed by atoms with van der Waals surface area (Å²) >= 11 is 0. The molecule has 0 spiro atoms. The van der Waals surface area contributed by atoms with Crippen molar-refractivity contribution in [3.63, 3.8) is 0 Å². The molecule has 0 unspecified atom stereocenters. The first kappa shape index (κ1) is 17.4. The van der Waals surface area contributed by atoms with Crippen molar-refractivity contribution >= 4 is 5.97 Å². The Bertz CT molecular complexity index is 93.9. The summed E-state index contributed by atoms with van der Waals surface area (Å²) in [5.74, 6) is -0.353. The monoisotopic (exact) mass is 180 g/mol. The lowest BCUT2D eigenvalue weighted by molar-refractivity contribution is -0.141. The van der Waals surface area contributed by atoms with Crippen molar-refractivity contribution in [1.29, 1.82) is 0 Å². The molecule has 0 aliphatic rings. The van der Waals surface area contributed by atoms with Crippen molar-refractivity contribution in [2.75, 3.05) is 34.4 Å². The van der Waals surface area contributed by atoms with Gasteiger partial charge in [-0.25, -0.2) is 0 Å². The van der Waals surface area contributed by atoms with Gasteiger partial charge in [0.05, 0.1) is 6.61 Å². The molecule has 12 heavy (non-hydrogen) atoms. The van der Waals surface area contributed by atoms with E-state index < -0.39 is 0 Å². The third kappa shape index (κ3) is 58.1. The third-order valence-corrected chi connectivity index (χ3v) is 0.397. The Kier molecular flexibility index (Phi) is 18.9. The van der Waals surface area contributed by atoms with Gasteiger partial charge in [0.2, 0.25) is 0 Å². The van der Waals surface area contributed by atoms with E-state index in [1.165, 1.54) is 6.92 Å². The van der Waals surface area contributed by atoms with Crippen LogP contribution in [-0.2, 0) is 9.53 Å². The van der Waals surface area contributed by atoms with Gasteiger partial charge in [-0.05, 0) is 21.1 Å². The normalized spacial score (nSPS) is 7.83. The van der Waals surface area contributed by atoms with Crippen LogP contribution in [0.1, 0.15) is 6.92 Å². The van der Waals surface area contributed by atoms with E-state index in [4.69, 9.17) is 5.11 Å². The van der Waals surface area contributed by atoms with Crippen molar-refractivity contribution in [3.8, 4) is 0 Å². The SMILES string of the molecule is CC(=O)OCCO.CN(C)C.N. The number of carbonyl (C=O) groups is 1. The van der Waals surface area contributed by atoms with Gasteiger partial charge in [0.1, 0.15) is 6.61 Å². The van der Waals surface area contributed by atoms with Crippen molar-refractivity contribution in [1.82, 2.24) is 11.1 Å².